The molecule has 0 saturated carbocycles. The van der Waals surface area contributed by atoms with Gasteiger partial charge in [0.1, 0.15) is 18.2 Å². The van der Waals surface area contributed by atoms with Crippen molar-refractivity contribution in [2.75, 3.05) is 25.1 Å². The van der Waals surface area contributed by atoms with Gasteiger partial charge in [0.25, 0.3) is 10.0 Å². The molecule has 1 aromatic rings. The zero-order chi connectivity index (χ0) is 23.0. The topological polar surface area (TPSA) is 82.7 Å². The second-order valence-electron chi connectivity index (χ2n) is 6.49. The molecular formula is C16H20F6N4O3S. The van der Waals surface area contributed by atoms with Gasteiger partial charge in [-0.15, -0.1) is 4.83 Å². The van der Waals surface area contributed by atoms with E-state index >= 15 is 0 Å². The van der Waals surface area contributed by atoms with E-state index in [0.29, 0.717) is 25.8 Å². The van der Waals surface area contributed by atoms with E-state index in [1.165, 1.54) is 23.5 Å². The lowest BCUT2D eigenvalue weighted by molar-refractivity contribution is -0.306. The standard InChI is InChI=1S/C16H20F6N4O3S/c1-4-14(15(17,18)19,16(20,21)22)23-10(2)24-25-30(27,28)11-5-6-12-13(9-11)29-8-7-26(12)3/h5-6,9,23-25H,2,4,7-8H2,1,3H3. The summed E-state index contributed by atoms with van der Waals surface area (Å²) in [5.41, 5.74) is -1.93. The molecule has 0 radical (unpaired) electrons. The van der Waals surface area contributed by atoms with E-state index < -0.39 is 40.2 Å². The third-order valence-electron chi connectivity index (χ3n) is 4.54. The Bertz CT molecular complexity index is 887. The molecule has 0 fully saturated rings. The highest BCUT2D eigenvalue weighted by atomic mass is 32.2. The van der Waals surface area contributed by atoms with Crippen LogP contribution in [0.4, 0.5) is 32.0 Å². The van der Waals surface area contributed by atoms with Gasteiger partial charge in [-0.25, -0.2) is 8.42 Å². The molecule has 0 saturated heterocycles. The Kier molecular flexibility index (Phi) is 6.43. The molecule has 14 heteroatoms. The average molecular weight is 462 g/mol. The summed E-state index contributed by atoms with van der Waals surface area (Å²) in [6.07, 6.45) is -12.8. The largest absolute Gasteiger partial charge is 0.490 e. The third kappa shape index (κ3) is 4.53. The lowest BCUT2D eigenvalue weighted by atomic mass is 9.94. The summed E-state index contributed by atoms with van der Waals surface area (Å²) >= 11 is 0. The summed E-state index contributed by atoms with van der Waals surface area (Å²) in [6, 6.07) is 3.87. The van der Waals surface area contributed by atoms with Crippen LogP contribution >= 0.6 is 0 Å². The van der Waals surface area contributed by atoms with Crippen LogP contribution in [0.15, 0.2) is 35.5 Å². The number of anilines is 1. The van der Waals surface area contributed by atoms with Gasteiger partial charge in [-0.05, 0) is 18.6 Å². The van der Waals surface area contributed by atoms with Crippen LogP contribution < -0.4 is 25.2 Å². The maximum atomic E-state index is 13.2. The molecule has 1 aliphatic rings. The number of hydrazine groups is 1. The van der Waals surface area contributed by atoms with E-state index in [2.05, 4.69) is 6.58 Å². The second-order valence-corrected chi connectivity index (χ2v) is 8.17. The molecule has 1 aliphatic heterocycles. The fourth-order valence-electron chi connectivity index (χ4n) is 2.77. The number of halogens is 6. The average Bonchev–Trinajstić information content (AvgIpc) is 2.62. The van der Waals surface area contributed by atoms with Crippen molar-refractivity contribution >= 4 is 15.7 Å². The first kappa shape index (κ1) is 23.9. The number of fused-ring (bicyclic) bond motifs is 1. The summed E-state index contributed by atoms with van der Waals surface area (Å²) in [6.45, 7) is 4.60. The van der Waals surface area contributed by atoms with E-state index in [0.717, 1.165) is 0 Å². The van der Waals surface area contributed by atoms with E-state index in [9.17, 15) is 34.8 Å². The zero-order valence-corrected chi connectivity index (χ0v) is 16.7. The summed E-state index contributed by atoms with van der Waals surface area (Å²) in [5.74, 6) is -0.772. The van der Waals surface area contributed by atoms with Crippen LogP contribution in [0.1, 0.15) is 13.3 Å². The van der Waals surface area contributed by atoms with Gasteiger partial charge in [-0.2, -0.15) is 26.3 Å². The molecule has 0 atom stereocenters. The lowest BCUT2D eigenvalue weighted by Gasteiger charge is -2.38. The highest BCUT2D eigenvalue weighted by Crippen LogP contribution is 2.45. The monoisotopic (exact) mass is 462 g/mol. The molecule has 0 amide bonds. The SMILES string of the molecule is C=C(NNS(=O)(=O)c1ccc2c(c1)OCCN2C)NC(CC)(C(F)(F)F)C(F)(F)F. The molecule has 170 valence electrons. The lowest BCUT2D eigenvalue weighted by Crippen LogP contribution is -2.66. The van der Waals surface area contributed by atoms with Crippen molar-refractivity contribution in [1.29, 1.82) is 0 Å². The zero-order valence-electron chi connectivity index (χ0n) is 15.9. The van der Waals surface area contributed by atoms with E-state index in [-0.39, 0.29) is 10.6 Å². The summed E-state index contributed by atoms with van der Waals surface area (Å²) in [5, 5.41) is 1.23. The number of hydrogen-bond donors (Lipinski definition) is 3. The minimum Gasteiger partial charge on any atom is -0.490 e. The predicted molar refractivity (Wildman–Crippen MR) is 96.1 cm³/mol. The Morgan fingerprint density at radius 3 is 2.33 bits per heavy atom. The van der Waals surface area contributed by atoms with Gasteiger partial charge in [-0.1, -0.05) is 13.5 Å². The van der Waals surface area contributed by atoms with E-state index in [1.54, 1.807) is 17.3 Å². The molecule has 7 nitrogen and oxygen atoms in total. The van der Waals surface area contributed by atoms with Gasteiger partial charge in [-0.3, -0.25) is 5.43 Å². The first-order valence-electron chi connectivity index (χ1n) is 8.51. The normalized spacial score (nSPS) is 15.3. The van der Waals surface area contributed by atoms with Crippen molar-refractivity contribution in [3.63, 3.8) is 0 Å². The number of benzene rings is 1. The van der Waals surface area contributed by atoms with Crippen LogP contribution in [0.5, 0.6) is 5.75 Å². The molecule has 1 heterocycles. The molecule has 0 aromatic heterocycles. The number of alkyl halides is 6. The Hall–Kier alpha value is -2.35. The number of nitrogens with zero attached hydrogens (tertiary/aromatic N) is 1. The number of likely N-dealkylation sites (N-methyl/N-ethyl adjacent to an activating group) is 1. The molecular weight excluding hydrogens is 442 g/mol. The molecule has 0 unspecified atom stereocenters. The van der Waals surface area contributed by atoms with Crippen LogP contribution in [0.3, 0.4) is 0 Å². The maximum absolute atomic E-state index is 13.2. The Labute approximate surface area is 169 Å². The highest BCUT2D eigenvalue weighted by molar-refractivity contribution is 7.89. The first-order valence-corrected chi connectivity index (χ1v) is 9.99. The summed E-state index contributed by atoms with van der Waals surface area (Å²) in [4.78, 5) is 3.21. The number of rotatable bonds is 7. The van der Waals surface area contributed by atoms with Crippen molar-refractivity contribution in [1.82, 2.24) is 15.6 Å². The number of sulfonamides is 1. The molecule has 30 heavy (non-hydrogen) atoms. The molecule has 1 aromatic carbocycles. The highest BCUT2D eigenvalue weighted by Gasteiger charge is 2.70. The van der Waals surface area contributed by atoms with Crippen molar-refractivity contribution in [3.05, 3.63) is 30.6 Å². The number of ether oxygens (including phenoxy) is 1. The number of nitrogens with one attached hydrogen (secondary N) is 3. The fraction of sp³-hybridized carbons (Fsp3) is 0.500. The van der Waals surface area contributed by atoms with Crippen LogP contribution in [-0.2, 0) is 10.0 Å². The fourth-order valence-corrected chi connectivity index (χ4v) is 3.66. The molecule has 0 spiro atoms. The van der Waals surface area contributed by atoms with Gasteiger partial charge in [0.05, 0.1) is 17.1 Å². The number of hydrogen-bond acceptors (Lipinski definition) is 6. The van der Waals surface area contributed by atoms with Gasteiger partial charge in [0.15, 0.2) is 0 Å². The second kappa shape index (κ2) is 8.06. The van der Waals surface area contributed by atoms with Crippen molar-refractivity contribution < 1.29 is 39.5 Å². The summed E-state index contributed by atoms with van der Waals surface area (Å²) < 4.78 is 109. The first-order chi connectivity index (χ1) is 13.6. The maximum Gasteiger partial charge on any atom is 0.420 e. The smallest absolute Gasteiger partial charge is 0.420 e. The van der Waals surface area contributed by atoms with Gasteiger partial charge < -0.3 is 15.0 Å². The van der Waals surface area contributed by atoms with E-state index in [4.69, 9.17) is 4.74 Å². The third-order valence-corrected chi connectivity index (χ3v) is 5.78. The molecule has 0 aliphatic carbocycles. The Morgan fingerprint density at radius 2 is 1.80 bits per heavy atom. The molecule has 2 rings (SSSR count). The molecule has 0 bridgehead atoms. The minimum absolute atomic E-state index is 0.266. The van der Waals surface area contributed by atoms with E-state index in [1.807, 2.05) is 4.90 Å². The van der Waals surface area contributed by atoms with Crippen molar-refractivity contribution in [2.24, 2.45) is 0 Å². The van der Waals surface area contributed by atoms with Crippen LogP contribution in [0, 0.1) is 0 Å². The van der Waals surface area contributed by atoms with Crippen molar-refractivity contribution in [3.8, 4) is 5.75 Å². The van der Waals surface area contributed by atoms with Crippen LogP contribution in [0.25, 0.3) is 0 Å². The quantitative estimate of drug-likeness (QED) is 0.427. The van der Waals surface area contributed by atoms with Gasteiger partial charge in [0.2, 0.25) is 5.54 Å². The molecule has 3 N–H and O–H groups in total. The minimum atomic E-state index is -5.72. The van der Waals surface area contributed by atoms with Crippen molar-refractivity contribution in [2.45, 2.75) is 36.1 Å². The Morgan fingerprint density at radius 1 is 1.20 bits per heavy atom. The summed E-state index contributed by atoms with van der Waals surface area (Å²) in [7, 11) is -2.59. The predicted octanol–water partition coefficient (Wildman–Crippen LogP) is 2.63. The van der Waals surface area contributed by atoms with Crippen LogP contribution in [0.2, 0.25) is 0 Å². The van der Waals surface area contributed by atoms with Gasteiger partial charge in [0, 0.05) is 13.1 Å². The van der Waals surface area contributed by atoms with Crippen LogP contribution in [-0.4, -0.2) is 46.5 Å². The van der Waals surface area contributed by atoms with Gasteiger partial charge >= 0.3 is 12.4 Å². The Balaban J connectivity index is 2.17.